The number of ether oxygens (including phenoxy) is 1. The Morgan fingerprint density at radius 3 is 2.94 bits per heavy atom. The number of thioether (sulfide) groups is 2. The van der Waals surface area contributed by atoms with Crippen LogP contribution in [-0.2, 0) is 9.53 Å². The van der Waals surface area contributed by atoms with Crippen LogP contribution < -0.4 is 0 Å². The predicted molar refractivity (Wildman–Crippen MR) is 70.8 cm³/mol. The Hall–Kier alpha value is 0.170. The van der Waals surface area contributed by atoms with E-state index in [1.807, 2.05) is 37.4 Å². The monoisotopic (exact) mass is 260 g/mol. The van der Waals surface area contributed by atoms with Crippen LogP contribution >= 0.6 is 23.5 Å². The summed E-state index contributed by atoms with van der Waals surface area (Å²) in [6.07, 6.45) is 4.88. The molecule has 2 nitrogen and oxygen atoms in total. The molecule has 0 N–H and O–H groups in total. The molecule has 0 aromatic rings. The second kappa shape index (κ2) is 5.67. The summed E-state index contributed by atoms with van der Waals surface area (Å²) in [7, 11) is 0. The van der Waals surface area contributed by atoms with Crippen molar-refractivity contribution in [3.05, 3.63) is 0 Å². The number of esters is 1. The zero-order valence-electron chi connectivity index (χ0n) is 9.98. The summed E-state index contributed by atoms with van der Waals surface area (Å²) in [5.74, 6) is 1.01. The summed E-state index contributed by atoms with van der Waals surface area (Å²) >= 11 is 3.90. The van der Waals surface area contributed by atoms with Gasteiger partial charge in [0.2, 0.25) is 0 Å². The van der Waals surface area contributed by atoms with Crippen LogP contribution in [0.25, 0.3) is 0 Å². The van der Waals surface area contributed by atoms with E-state index >= 15 is 0 Å². The second-order valence-electron chi connectivity index (χ2n) is 4.65. The van der Waals surface area contributed by atoms with Gasteiger partial charge in [0.1, 0.15) is 0 Å². The third kappa shape index (κ3) is 2.89. The third-order valence-corrected chi connectivity index (χ3v) is 6.78. The molecule has 0 spiro atoms. The first-order chi connectivity index (χ1) is 7.70. The van der Waals surface area contributed by atoms with Crippen LogP contribution in [0.3, 0.4) is 0 Å². The normalized spacial score (nSPS) is 35.5. The lowest BCUT2D eigenvalue weighted by Gasteiger charge is -2.31. The first-order valence-corrected chi connectivity index (χ1v) is 8.17. The van der Waals surface area contributed by atoms with Crippen LogP contribution in [0, 0.1) is 5.92 Å². The molecule has 1 aliphatic carbocycles. The number of carbonyl (C=O) groups is 1. The fourth-order valence-corrected chi connectivity index (χ4v) is 5.44. The number of carbonyl (C=O) groups excluding carboxylic acids is 1. The highest BCUT2D eigenvalue weighted by atomic mass is 32.2. The van der Waals surface area contributed by atoms with Crippen LogP contribution in [0.15, 0.2) is 0 Å². The van der Waals surface area contributed by atoms with Crippen molar-refractivity contribution in [1.82, 2.24) is 0 Å². The zero-order valence-corrected chi connectivity index (χ0v) is 11.6. The first-order valence-electron chi connectivity index (χ1n) is 6.18. The quantitative estimate of drug-likeness (QED) is 0.727. The SMILES string of the molecule is CCC(C)C(=O)OC1CSC2CCCC2S1. The van der Waals surface area contributed by atoms with Crippen LogP contribution in [0.5, 0.6) is 0 Å². The molecule has 2 rings (SSSR count). The smallest absolute Gasteiger partial charge is 0.309 e. The minimum Gasteiger partial charge on any atom is -0.450 e. The van der Waals surface area contributed by atoms with Crippen molar-refractivity contribution in [1.29, 1.82) is 0 Å². The van der Waals surface area contributed by atoms with Gasteiger partial charge in [0, 0.05) is 16.3 Å². The molecule has 2 fully saturated rings. The Kier molecular flexibility index (Phi) is 4.48. The van der Waals surface area contributed by atoms with Gasteiger partial charge in [-0.25, -0.2) is 0 Å². The molecule has 0 amide bonds. The van der Waals surface area contributed by atoms with Crippen LogP contribution in [-0.4, -0.2) is 27.7 Å². The van der Waals surface area contributed by atoms with Crippen molar-refractivity contribution in [2.75, 3.05) is 5.75 Å². The largest absolute Gasteiger partial charge is 0.450 e. The van der Waals surface area contributed by atoms with Crippen molar-refractivity contribution in [2.45, 2.75) is 55.5 Å². The summed E-state index contributed by atoms with van der Waals surface area (Å²) in [6, 6.07) is 0. The molecule has 4 unspecified atom stereocenters. The Balaban J connectivity index is 1.81. The molecule has 0 radical (unpaired) electrons. The van der Waals surface area contributed by atoms with E-state index in [-0.39, 0.29) is 17.3 Å². The van der Waals surface area contributed by atoms with E-state index in [9.17, 15) is 4.79 Å². The molecule has 1 saturated heterocycles. The Morgan fingerprint density at radius 2 is 2.19 bits per heavy atom. The highest BCUT2D eigenvalue weighted by Gasteiger charge is 2.36. The molecule has 4 heteroatoms. The van der Waals surface area contributed by atoms with Crippen molar-refractivity contribution >= 4 is 29.5 Å². The van der Waals surface area contributed by atoms with Gasteiger partial charge in [-0.1, -0.05) is 20.3 Å². The van der Waals surface area contributed by atoms with E-state index in [0.29, 0.717) is 0 Å². The molecule has 16 heavy (non-hydrogen) atoms. The maximum absolute atomic E-state index is 11.7. The summed E-state index contributed by atoms with van der Waals surface area (Å²) in [6.45, 7) is 3.98. The highest BCUT2D eigenvalue weighted by molar-refractivity contribution is 8.07. The molecule has 1 saturated carbocycles. The van der Waals surface area contributed by atoms with Crippen molar-refractivity contribution in [3.63, 3.8) is 0 Å². The molecular formula is C12H20O2S2. The van der Waals surface area contributed by atoms with Crippen molar-refractivity contribution < 1.29 is 9.53 Å². The van der Waals surface area contributed by atoms with E-state index < -0.39 is 0 Å². The van der Waals surface area contributed by atoms with Crippen LogP contribution in [0.1, 0.15) is 39.5 Å². The number of hydrogen-bond acceptors (Lipinski definition) is 4. The summed E-state index contributed by atoms with van der Waals surface area (Å²) < 4.78 is 5.56. The molecule has 4 atom stereocenters. The van der Waals surface area contributed by atoms with E-state index in [2.05, 4.69) is 0 Å². The van der Waals surface area contributed by atoms with Crippen molar-refractivity contribution in [3.8, 4) is 0 Å². The third-order valence-electron chi connectivity index (χ3n) is 3.43. The topological polar surface area (TPSA) is 26.3 Å². The minimum absolute atomic E-state index is 0.0166. The molecule has 2 aliphatic rings. The van der Waals surface area contributed by atoms with Gasteiger partial charge in [0.05, 0.1) is 5.92 Å². The van der Waals surface area contributed by atoms with Crippen LogP contribution in [0.4, 0.5) is 0 Å². The lowest BCUT2D eigenvalue weighted by atomic mass is 10.1. The van der Waals surface area contributed by atoms with Gasteiger partial charge in [-0.2, -0.15) is 11.8 Å². The Morgan fingerprint density at radius 1 is 1.44 bits per heavy atom. The fourth-order valence-electron chi connectivity index (χ4n) is 2.15. The average molecular weight is 260 g/mol. The van der Waals surface area contributed by atoms with E-state index in [1.54, 1.807) is 0 Å². The summed E-state index contributed by atoms with van der Waals surface area (Å²) in [4.78, 5) is 11.7. The molecule has 1 aliphatic heterocycles. The predicted octanol–water partition coefficient (Wildman–Crippen LogP) is 3.30. The number of hydrogen-bond donors (Lipinski definition) is 0. The van der Waals surface area contributed by atoms with Gasteiger partial charge < -0.3 is 4.74 Å². The second-order valence-corrected chi connectivity index (χ2v) is 7.33. The van der Waals surface area contributed by atoms with Gasteiger partial charge in [0.15, 0.2) is 5.44 Å². The Bertz CT molecular complexity index is 257. The lowest BCUT2D eigenvalue weighted by Crippen LogP contribution is -2.31. The van der Waals surface area contributed by atoms with E-state index in [4.69, 9.17) is 4.74 Å². The van der Waals surface area contributed by atoms with Crippen LogP contribution in [0.2, 0.25) is 0 Å². The standard InChI is InChI=1S/C12H20O2S2/c1-3-8(2)12(13)14-11-7-15-9-5-4-6-10(9)16-11/h8-11H,3-7H2,1-2H3. The molecular weight excluding hydrogens is 240 g/mol. The summed E-state index contributed by atoms with van der Waals surface area (Å²) in [5.41, 5.74) is 0.103. The number of rotatable bonds is 3. The molecule has 1 heterocycles. The maximum Gasteiger partial charge on any atom is 0.309 e. The summed E-state index contributed by atoms with van der Waals surface area (Å²) in [5, 5.41) is 1.55. The fraction of sp³-hybridized carbons (Fsp3) is 0.917. The van der Waals surface area contributed by atoms with E-state index in [1.165, 1.54) is 19.3 Å². The van der Waals surface area contributed by atoms with Gasteiger partial charge >= 0.3 is 5.97 Å². The average Bonchev–Trinajstić information content (AvgIpc) is 2.75. The minimum atomic E-state index is -0.0166. The van der Waals surface area contributed by atoms with Gasteiger partial charge in [-0.05, 0) is 19.3 Å². The van der Waals surface area contributed by atoms with Crippen molar-refractivity contribution in [2.24, 2.45) is 5.92 Å². The van der Waals surface area contributed by atoms with E-state index in [0.717, 1.165) is 22.7 Å². The lowest BCUT2D eigenvalue weighted by molar-refractivity contribution is -0.148. The highest BCUT2D eigenvalue weighted by Crippen LogP contribution is 2.45. The van der Waals surface area contributed by atoms with Gasteiger partial charge in [-0.3, -0.25) is 4.79 Å². The Labute approximate surface area is 106 Å². The van der Waals surface area contributed by atoms with Gasteiger partial charge in [0.25, 0.3) is 0 Å². The maximum atomic E-state index is 11.7. The molecule has 0 bridgehead atoms. The number of fused-ring (bicyclic) bond motifs is 1. The molecule has 0 aromatic heterocycles. The zero-order chi connectivity index (χ0) is 11.5. The van der Waals surface area contributed by atoms with Gasteiger partial charge in [-0.15, -0.1) is 11.8 Å². The first kappa shape index (κ1) is 12.6. The molecule has 92 valence electrons. The molecule has 0 aromatic carbocycles.